The van der Waals surface area contributed by atoms with Crippen LogP contribution in [0.3, 0.4) is 0 Å². The van der Waals surface area contributed by atoms with Gasteiger partial charge in [0, 0.05) is 16.8 Å². The van der Waals surface area contributed by atoms with Gasteiger partial charge in [-0.3, -0.25) is 9.48 Å². The van der Waals surface area contributed by atoms with Gasteiger partial charge in [0.2, 0.25) is 0 Å². The zero-order valence-electron chi connectivity index (χ0n) is 12.6. The van der Waals surface area contributed by atoms with Gasteiger partial charge in [-0.1, -0.05) is 11.6 Å². The quantitative estimate of drug-likeness (QED) is 0.813. The van der Waals surface area contributed by atoms with Gasteiger partial charge in [0.25, 0.3) is 0 Å². The predicted octanol–water partition coefficient (Wildman–Crippen LogP) is 3.42. The fraction of sp³-hybridized carbons (Fsp3) is 0.312. The van der Waals surface area contributed by atoms with Gasteiger partial charge in [0.05, 0.1) is 17.8 Å². The first-order valence-corrected chi connectivity index (χ1v) is 7.10. The molecule has 0 saturated carbocycles. The lowest BCUT2D eigenvalue weighted by Gasteiger charge is -2.19. The summed E-state index contributed by atoms with van der Waals surface area (Å²) in [5.41, 5.74) is 1.51. The van der Waals surface area contributed by atoms with E-state index >= 15 is 0 Å². The van der Waals surface area contributed by atoms with E-state index in [4.69, 9.17) is 21.6 Å². The Hall–Kier alpha value is -2.32. The lowest BCUT2D eigenvalue weighted by Crippen LogP contribution is -2.26. The molecule has 1 heterocycles. The van der Waals surface area contributed by atoms with Crippen molar-refractivity contribution in [3.63, 3.8) is 0 Å². The maximum Gasteiger partial charge on any atom is 0.328 e. The van der Waals surface area contributed by atoms with E-state index in [2.05, 4.69) is 11.2 Å². The molecule has 0 fully saturated rings. The molecule has 6 heteroatoms. The summed E-state index contributed by atoms with van der Waals surface area (Å²) in [5.74, 6) is -0.356. The number of esters is 1. The maximum atomic E-state index is 11.8. The SMILES string of the molecule is CC(C)(C)OC(=O)Cn1cc(-c2cc(Cl)cc(C#N)c2)cn1. The van der Waals surface area contributed by atoms with Gasteiger partial charge in [-0.05, 0) is 44.5 Å². The number of carbonyl (C=O) groups is 1. The fourth-order valence-electron chi connectivity index (χ4n) is 1.93. The topological polar surface area (TPSA) is 67.9 Å². The van der Waals surface area contributed by atoms with E-state index in [0.717, 1.165) is 11.1 Å². The lowest BCUT2D eigenvalue weighted by molar-refractivity contribution is -0.155. The van der Waals surface area contributed by atoms with Gasteiger partial charge in [-0.15, -0.1) is 0 Å². The van der Waals surface area contributed by atoms with Gasteiger partial charge in [-0.25, -0.2) is 0 Å². The number of benzene rings is 1. The number of aromatic nitrogens is 2. The smallest absolute Gasteiger partial charge is 0.328 e. The highest BCUT2D eigenvalue weighted by Gasteiger charge is 2.17. The van der Waals surface area contributed by atoms with Crippen LogP contribution in [-0.4, -0.2) is 21.4 Å². The first-order chi connectivity index (χ1) is 10.3. The maximum absolute atomic E-state index is 11.8. The minimum absolute atomic E-state index is 0.0307. The van der Waals surface area contributed by atoms with Crippen LogP contribution in [0, 0.1) is 11.3 Å². The van der Waals surface area contributed by atoms with Crippen molar-refractivity contribution >= 4 is 17.6 Å². The van der Waals surface area contributed by atoms with E-state index in [9.17, 15) is 4.79 Å². The predicted molar refractivity (Wildman–Crippen MR) is 83.2 cm³/mol. The zero-order valence-corrected chi connectivity index (χ0v) is 13.4. The first kappa shape index (κ1) is 16.1. The van der Waals surface area contributed by atoms with Crippen molar-refractivity contribution in [2.45, 2.75) is 32.9 Å². The van der Waals surface area contributed by atoms with Crippen LogP contribution in [0.15, 0.2) is 30.6 Å². The second kappa shape index (κ2) is 6.20. The second-order valence-electron chi connectivity index (χ2n) is 5.85. The van der Waals surface area contributed by atoms with Gasteiger partial charge in [-0.2, -0.15) is 10.4 Å². The van der Waals surface area contributed by atoms with Crippen molar-refractivity contribution in [2.24, 2.45) is 0 Å². The summed E-state index contributed by atoms with van der Waals surface area (Å²) in [6.45, 7) is 5.47. The highest BCUT2D eigenvalue weighted by atomic mass is 35.5. The number of nitrogens with zero attached hydrogens (tertiary/aromatic N) is 3. The van der Waals surface area contributed by atoms with Crippen molar-refractivity contribution < 1.29 is 9.53 Å². The standard InChI is InChI=1S/C16H16ClN3O2/c1-16(2,3)22-15(21)10-20-9-13(8-19-20)12-4-11(7-18)5-14(17)6-12/h4-6,8-9H,10H2,1-3H3. The molecule has 0 atom stereocenters. The van der Waals surface area contributed by atoms with E-state index in [-0.39, 0.29) is 12.5 Å². The third-order valence-electron chi connectivity index (χ3n) is 2.70. The zero-order chi connectivity index (χ0) is 16.3. The number of nitriles is 1. The van der Waals surface area contributed by atoms with Crippen molar-refractivity contribution in [3.8, 4) is 17.2 Å². The average Bonchev–Trinajstić information content (AvgIpc) is 2.84. The minimum Gasteiger partial charge on any atom is -0.459 e. The van der Waals surface area contributed by atoms with Crippen LogP contribution in [0.25, 0.3) is 11.1 Å². The normalized spacial score (nSPS) is 11.0. The Bertz CT molecular complexity index is 739. The van der Waals surface area contributed by atoms with E-state index in [1.54, 1.807) is 30.6 Å². The number of carbonyl (C=O) groups excluding carboxylic acids is 1. The molecular weight excluding hydrogens is 302 g/mol. The van der Waals surface area contributed by atoms with Crippen molar-refractivity contribution in [3.05, 3.63) is 41.2 Å². The molecule has 0 aliphatic rings. The van der Waals surface area contributed by atoms with Crippen molar-refractivity contribution in [1.29, 1.82) is 5.26 Å². The van der Waals surface area contributed by atoms with Crippen LogP contribution in [0.4, 0.5) is 0 Å². The molecule has 0 radical (unpaired) electrons. The Morgan fingerprint density at radius 1 is 1.36 bits per heavy atom. The molecular formula is C16H16ClN3O2. The van der Waals surface area contributed by atoms with Crippen LogP contribution >= 0.6 is 11.6 Å². The van der Waals surface area contributed by atoms with Gasteiger partial charge >= 0.3 is 5.97 Å². The van der Waals surface area contributed by atoms with E-state index in [0.29, 0.717) is 10.6 Å². The molecule has 0 unspecified atom stereocenters. The average molecular weight is 318 g/mol. The third kappa shape index (κ3) is 4.34. The molecule has 0 saturated heterocycles. The molecule has 0 aliphatic heterocycles. The Morgan fingerprint density at radius 2 is 2.09 bits per heavy atom. The fourth-order valence-corrected chi connectivity index (χ4v) is 2.16. The molecule has 1 aromatic heterocycles. The number of ether oxygens (including phenoxy) is 1. The molecule has 0 N–H and O–H groups in total. The molecule has 0 amide bonds. The molecule has 0 spiro atoms. The minimum atomic E-state index is -0.526. The Labute approximate surface area is 134 Å². The summed E-state index contributed by atoms with van der Waals surface area (Å²) in [7, 11) is 0. The van der Waals surface area contributed by atoms with Crippen LogP contribution in [0.2, 0.25) is 5.02 Å². The Kier molecular flexibility index (Phi) is 4.53. The summed E-state index contributed by atoms with van der Waals surface area (Å²) >= 11 is 5.99. The number of rotatable bonds is 3. The van der Waals surface area contributed by atoms with E-state index in [1.165, 1.54) is 4.68 Å². The van der Waals surface area contributed by atoms with Crippen LogP contribution in [0.1, 0.15) is 26.3 Å². The largest absolute Gasteiger partial charge is 0.459 e. The van der Waals surface area contributed by atoms with Crippen LogP contribution < -0.4 is 0 Å². The summed E-state index contributed by atoms with van der Waals surface area (Å²) in [6.07, 6.45) is 3.34. The summed E-state index contributed by atoms with van der Waals surface area (Å²) in [6, 6.07) is 7.12. The van der Waals surface area contributed by atoms with E-state index < -0.39 is 5.60 Å². The molecule has 5 nitrogen and oxygen atoms in total. The van der Waals surface area contributed by atoms with Crippen LogP contribution in [0.5, 0.6) is 0 Å². The Balaban J connectivity index is 2.17. The molecule has 2 rings (SSSR count). The molecule has 2 aromatic rings. The second-order valence-corrected chi connectivity index (χ2v) is 6.29. The van der Waals surface area contributed by atoms with Gasteiger partial charge in [0.1, 0.15) is 12.1 Å². The molecule has 0 bridgehead atoms. The number of hydrogen-bond acceptors (Lipinski definition) is 4. The van der Waals surface area contributed by atoms with Gasteiger partial charge < -0.3 is 4.74 Å². The van der Waals surface area contributed by atoms with Gasteiger partial charge in [0.15, 0.2) is 0 Å². The number of halogens is 1. The summed E-state index contributed by atoms with van der Waals surface area (Å²) in [5, 5.41) is 13.6. The summed E-state index contributed by atoms with van der Waals surface area (Å²) < 4.78 is 6.74. The lowest BCUT2D eigenvalue weighted by atomic mass is 10.1. The summed E-state index contributed by atoms with van der Waals surface area (Å²) in [4.78, 5) is 11.8. The van der Waals surface area contributed by atoms with Crippen LogP contribution in [-0.2, 0) is 16.1 Å². The monoisotopic (exact) mass is 317 g/mol. The first-order valence-electron chi connectivity index (χ1n) is 6.72. The number of hydrogen-bond donors (Lipinski definition) is 0. The van der Waals surface area contributed by atoms with Crippen molar-refractivity contribution in [2.75, 3.05) is 0 Å². The third-order valence-corrected chi connectivity index (χ3v) is 2.92. The van der Waals surface area contributed by atoms with Crippen molar-refractivity contribution in [1.82, 2.24) is 9.78 Å². The molecule has 1 aromatic carbocycles. The molecule has 22 heavy (non-hydrogen) atoms. The Morgan fingerprint density at radius 3 is 2.73 bits per heavy atom. The molecule has 0 aliphatic carbocycles. The highest BCUT2D eigenvalue weighted by molar-refractivity contribution is 6.31. The molecule has 114 valence electrons. The highest BCUT2D eigenvalue weighted by Crippen LogP contribution is 2.24. The van der Waals surface area contributed by atoms with E-state index in [1.807, 2.05) is 20.8 Å².